The van der Waals surface area contributed by atoms with Crippen molar-refractivity contribution in [1.82, 2.24) is 4.31 Å². The first-order chi connectivity index (χ1) is 9.35. The Bertz CT molecular complexity index is 424. The molecule has 1 heterocycles. The lowest BCUT2D eigenvalue weighted by Crippen LogP contribution is -2.52. The van der Waals surface area contributed by atoms with Crippen molar-refractivity contribution >= 4 is 10.0 Å². The smallest absolute Gasteiger partial charge is 0.211 e. The van der Waals surface area contributed by atoms with E-state index in [1.165, 1.54) is 25.5 Å². The summed E-state index contributed by atoms with van der Waals surface area (Å²) in [6, 6.07) is 0. The molecule has 2 fully saturated rings. The van der Waals surface area contributed by atoms with E-state index >= 15 is 0 Å². The molecule has 0 aromatic rings. The maximum Gasteiger partial charge on any atom is 0.211 e. The Hall–Kier alpha value is -0.130. The Kier molecular flexibility index (Phi) is 5.14. The van der Waals surface area contributed by atoms with Gasteiger partial charge in [-0.15, -0.1) is 0 Å². The first-order valence-electron chi connectivity index (χ1n) is 8.09. The van der Waals surface area contributed by atoms with E-state index < -0.39 is 10.0 Å². The summed E-state index contributed by atoms with van der Waals surface area (Å²) in [6.07, 6.45) is 10.5. The van der Waals surface area contributed by atoms with Crippen molar-refractivity contribution in [3.05, 3.63) is 0 Å². The lowest BCUT2D eigenvalue weighted by atomic mass is 9.67. The maximum atomic E-state index is 11.7. The predicted octanol–water partition coefficient (Wildman–Crippen LogP) is 2.35. The van der Waals surface area contributed by atoms with Gasteiger partial charge in [0.05, 0.1) is 6.26 Å². The van der Waals surface area contributed by atoms with Crippen molar-refractivity contribution in [1.29, 1.82) is 0 Å². The summed E-state index contributed by atoms with van der Waals surface area (Å²) >= 11 is 0. The third kappa shape index (κ3) is 3.74. The molecule has 0 spiro atoms. The van der Waals surface area contributed by atoms with Crippen LogP contribution in [-0.2, 0) is 10.0 Å². The van der Waals surface area contributed by atoms with E-state index in [-0.39, 0.29) is 5.54 Å². The summed E-state index contributed by atoms with van der Waals surface area (Å²) in [5, 5.41) is 0. The Morgan fingerprint density at radius 1 is 1.25 bits per heavy atom. The van der Waals surface area contributed by atoms with Gasteiger partial charge in [-0.25, -0.2) is 12.7 Å². The van der Waals surface area contributed by atoms with Gasteiger partial charge < -0.3 is 5.73 Å². The molecule has 1 saturated carbocycles. The molecule has 0 radical (unpaired) electrons. The van der Waals surface area contributed by atoms with E-state index in [9.17, 15) is 8.42 Å². The molecule has 0 aromatic carbocycles. The van der Waals surface area contributed by atoms with Crippen LogP contribution in [0.15, 0.2) is 0 Å². The van der Waals surface area contributed by atoms with Crippen LogP contribution >= 0.6 is 0 Å². The number of nitrogens with zero attached hydrogens (tertiary/aromatic N) is 1. The number of hydrogen-bond donors (Lipinski definition) is 1. The highest BCUT2D eigenvalue weighted by atomic mass is 32.2. The quantitative estimate of drug-likeness (QED) is 0.867. The third-order valence-corrected chi connectivity index (χ3v) is 6.64. The molecule has 3 atom stereocenters. The van der Waals surface area contributed by atoms with Crippen LogP contribution in [0.3, 0.4) is 0 Å². The largest absolute Gasteiger partial charge is 0.325 e. The topological polar surface area (TPSA) is 63.4 Å². The lowest BCUT2D eigenvalue weighted by molar-refractivity contribution is 0.125. The molecule has 0 amide bonds. The van der Waals surface area contributed by atoms with Gasteiger partial charge in [-0.05, 0) is 43.9 Å². The fourth-order valence-electron chi connectivity index (χ4n) is 4.25. The van der Waals surface area contributed by atoms with Crippen molar-refractivity contribution in [2.75, 3.05) is 19.3 Å². The summed E-state index contributed by atoms with van der Waals surface area (Å²) < 4.78 is 25.1. The summed E-state index contributed by atoms with van der Waals surface area (Å²) in [4.78, 5) is 0. The van der Waals surface area contributed by atoms with Gasteiger partial charge in [0.15, 0.2) is 0 Å². The van der Waals surface area contributed by atoms with Crippen LogP contribution in [0.2, 0.25) is 0 Å². The molecule has 0 bridgehead atoms. The zero-order valence-corrected chi connectivity index (χ0v) is 13.8. The first-order valence-corrected chi connectivity index (χ1v) is 9.94. The molecule has 2 aliphatic rings. The van der Waals surface area contributed by atoms with Gasteiger partial charge >= 0.3 is 0 Å². The van der Waals surface area contributed by atoms with Crippen LogP contribution in [0, 0.1) is 11.8 Å². The van der Waals surface area contributed by atoms with Gasteiger partial charge in [0.25, 0.3) is 0 Å². The van der Waals surface area contributed by atoms with Crippen LogP contribution in [0.5, 0.6) is 0 Å². The second-order valence-corrected chi connectivity index (χ2v) is 8.90. The third-order valence-electron chi connectivity index (χ3n) is 5.37. The molecule has 1 saturated heterocycles. The molecule has 4 nitrogen and oxygen atoms in total. The molecule has 1 aliphatic carbocycles. The van der Waals surface area contributed by atoms with E-state index in [1.54, 1.807) is 4.31 Å². The summed E-state index contributed by atoms with van der Waals surface area (Å²) in [7, 11) is -3.05. The minimum atomic E-state index is -3.05. The number of hydrogen-bond acceptors (Lipinski definition) is 3. The number of sulfonamides is 1. The van der Waals surface area contributed by atoms with Gasteiger partial charge in [-0.3, -0.25) is 0 Å². The van der Waals surface area contributed by atoms with Crippen molar-refractivity contribution < 1.29 is 8.42 Å². The molecule has 5 heteroatoms. The van der Waals surface area contributed by atoms with E-state index in [1.807, 2.05) is 0 Å². The van der Waals surface area contributed by atoms with Gasteiger partial charge in [-0.2, -0.15) is 0 Å². The fraction of sp³-hybridized carbons (Fsp3) is 1.00. The SMILES string of the molecule is CCC1CCCCC1(N)CC1CCCN(S(C)(=O)=O)C1. The van der Waals surface area contributed by atoms with Crippen molar-refractivity contribution in [2.45, 2.75) is 63.8 Å². The van der Waals surface area contributed by atoms with E-state index in [0.717, 1.165) is 32.1 Å². The average molecular weight is 302 g/mol. The molecule has 118 valence electrons. The van der Waals surface area contributed by atoms with E-state index in [2.05, 4.69) is 6.92 Å². The molecular formula is C15H30N2O2S. The van der Waals surface area contributed by atoms with Crippen LogP contribution in [0.1, 0.15) is 58.3 Å². The highest BCUT2D eigenvalue weighted by Gasteiger charge is 2.39. The van der Waals surface area contributed by atoms with Crippen molar-refractivity contribution in [3.8, 4) is 0 Å². The van der Waals surface area contributed by atoms with Crippen molar-refractivity contribution in [2.24, 2.45) is 17.6 Å². The zero-order chi connectivity index (χ0) is 14.8. The normalized spacial score (nSPS) is 37.0. The monoisotopic (exact) mass is 302 g/mol. The predicted molar refractivity (Wildman–Crippen MR) is 82.9 cm³/mol. The Labute approximate surface area is 124 Å². The highest BCUT2D eigenvalue weighted by molar-refractivity contribution is 7.88. The fourth-order valence-corrected chi connectivity index (χ4v) is 5.19. The van der Waals surface area contributed by atoms with E-state index in [4.69, 9.17) is 5.73 Å². The lowest BCUT2D eigenvalue weighted by Gasteiger charge is -2.44. The maximum absolute atomic E-state index is 11.7. The average Bonchev–Trinajstić information content (AvgIpc) is 2.38. The molecular weight excluding hydrogens is 272 g/mol. The van der Waals surface area contributed by atoms with Gasteiger partial charge in [-0.1, -0.05) is 26.2 Å². The van der Waals surface area contributed by atoms with Gasteiger partial charge in [0.1, 0.15) is 0 Å². The summed E-state index contributed by atoms with van der Waals surface area (Å²) in [5.41, 5.74) is 6.67. The van der Waals surface area contributed by atoms with Gasteiger partial charge in [0, 0.05) is 18.6 Å². The van der Waals surface area contributed by atoms with Gasteiger partial charge in [0.2, 0.25) is 10.0 Å². The Morgan fingerprint density at radius 3 is 2.65 bits per heavy atom. The second-order valence-electron chi connectivity index (χ2n) is 6.92. The Morgan fingerprint density at radius 2 is 2.00 bits per heavy atom. The van der Waals surface area contributed by atoms with E-state index in [0.29, 0.717) is 24.9 Å². The highest BCUT2D eigenvalue weighted by Crippen LogP contribution is 2.39. The van der Waals surface area contributed by atoms with Crippen molar-refractivity contribution in [3.63, 3.8) is 0 Å². The van der Waals surface area contributed by atoms with Crippen LogP contribution in [0.4, 0.5) is 0 Å². The van der Waals surface area contributed by atoms with Crippen LogP contribution in [0.25, 0.3) is 0 Å². The van der Waals surface area contributed by atoms with Crippen LogP contribution < -0.4 is 5.73 Å². The minimum Gasteiger partial charge on any atom is -0.325 e. The number of rotatable bonds is 4. The first kappa shape index (κ1) is 16.2. The standard InChI is InChI=1S/C15H30N2O2S/c1-3-14-8-4-5-9-15(14,16)11-13-7-6-10-17(12-13)20(2,18)19/h13-14H,3-12,16H2,1-2H3. The molecule has 2 rings (SSSR count). The second kappa shape index (κ2) is 6.32. The summed E-state index contributed by atoms with van der Waals surface area (Å²) in [6.45, 7) is 3.60. The molecule has 0 aromatic heterocycles. The summed E-state index contributed by atoms with van der Waals surface area (Å²) in [5.74, 6) is 1.06. The molecule has 1 aliphatic heterocycles. The number of nitrogens with two attached hydrogens (primary N) is 1. The Balaban J connectivity index is 2.01. The molecule has 20 heavy (non-hydrogen) atoms. The molecule has 2 N–H and O–H groups in total. The number of piperidine rings is 1. The molecule has 3 unspecified atom stereocenters. The van der Waals surface area contributed by atoms with Crippen LogP contribution in [-0.4, -0.2) is 37.6 Å². The minimum absolute atomic E-state index is 0.0574. The zero-order valence-electron chi connectivity index (χ0n) is 13.0.